The van der Waals surface area contributed by atoms with E-state index in [4.69, 9.17) is 4.42 Å². The third kappa shape index (κ3) is 1.16. The first-order valence-electron chi connectivity index (χ1n) is 4.78. The summed E-state index contributed by atoms with van der Waals surface area (Å²) in [5.74, 6) is 0.454. The summed E-state index contributed by atoms with van der Waals surface area (Å²) in [6.07, 6.45) is 0. The summed E-state index contributed by atoms with van der Waals surface area (Å²) < 4.78 is 7.57. The average Bonchev–Trinajstić information content (AvgIpc) is 2.60. The first-order chi connectivity index (χ1) is 7.49. The molecule has 2 heterocycles. The van der Waals surface area contributed by atoms with Crippen molar-refractivity contribution in [2.24, 2.45) is 14.1 Å². The Morgan fingerprint density at radius 1 is 1.25 bits per heavy atom. The molecule has 6 nitrogen and oxygen atoms in total. The van der Waals surface area contributed by atoms with Crippen molar-refractivity contribution in [1.29, 1.82) is 0 Å². The van der Waals surface area contributed by atoms with Crippen LogP contribution in [-0.2, 0) is 20.7 Å². The Kier molecular flexibility index (Phi) is 2.23. The van der Waals surface area contributed by atoms with Crippen LogP contribution in [0.2, 0.25) is 0 Å². The lowest BCUT2D eigenvalue weighted by Crippen LogP contribution is -2.36. The minimum Gasteiger partial charge on any atom is -0.453 e. The zero-order valence-electron chi connectivity index (χ0n) is 9.27. The van der Waals surface area contributed by atoms with Gasteiger partial charge in [0, 0.05) is 19.7 Å². The molecule has 86 valence electrons. The molecule has 0 fully saturated rings. The van der Waals surface area contributed by atoms with Crippen LogP contribution in [0.25, 0.3) is 11.1 Å². The van der Waals surface area contributed by atoms with Crippen LogP contribution in [0, 0.1) is 6.92 Å². The molecule has 0 amide bonds. The highest BCUT2D eigenvalue weighted by Gasteiger charge is 2.18. The summed E-state index contributed by atoms with van der Waals surface area (Å²) in [6, 6.07) is 0. The lowest BCUT2D eigenvalue weighted by Gasteiger charge is -2.03. The van der Waals surface area contributed by atoms with Gasteiger partial charge in [-0.2, -0.15) is 0 Å². The quantitative estimate of drug-likeness (QED) is 0.717. The van der Waals surface area contributed by atoms with Gasteiger partial charge >= 0.3 is 5.69 Å². The van der Waals surface area contributed by atoms with Crippen molar-refractivity contribution in [3.05, 3.63) is 32.2 Å². The Hall–Kier alpha value is -1.82. The molecule has 0 bridgehead atoms. The molecule has 0 aromatic carbocycles. The summed E-state index contributed by atoms with van der Waals surface area (Å²) in [5, 5.41) is 9.20. The zero-order chi connectivity index (χ0) is 12.0. The van der Waals surface area contributed by atoms with Crippen LogP contribution in [0.15, 0.2) is 14.0 Å². The van der Waals surface area contributed by atoms with Gasteiger partial charge in [0.25, 0.3) is 5.56 Å². The van der Waals surface area contributed by atoms with Crippen molar-refractivity contribution in [3.8, 4) is 0 Å². The summed E-state index contributed by atoms with van der Waals surface area (Å²) in [6.45, 7) is 1.38. The van der Waals surface area contributed by atoms with Crippen molar-refractivity contribution >= 4 is 11.1 Å². The molecule has 0 saturated carbocycles. The van der Waals surface area contributed by atoms with Gasteiger partial charge in [-0.3, -0.25) is 13.9 Å². The second kappa shape index (κ2) is 3.34. The summed E-state index contributed by atoms with van der Waals surface area (Å²) in [7, 11) is 2.93. The second-order valence-corrected chi connectivity index (χ2v) is 3.68. The fourth-order valence-electron chi connectivity index (χ4n) is 1.81. The number of hydrogen-bond donors (Lipinski definition) is 1. The smallest absolute Gasteiger partial charge is 0.331 e. The van der Waals surface area contributed by atoms with Crippen LogP contribution < -0.4 is 11.2 Å². The normalized spacial score (nSPS) is 11.2. The molecule has 2 aromatic heterocycles. The highest BCUT2D eigenvalue weighted by Crippen LogP contribution is 2.21. The van der Waals surface area contributed by atoms with Crippen LogP contribution in [0.5, 0.6) is 0 Å². The van der Waals surface area contributed by atoms with Crippen LogP contribution in [-0.4, -0.2) is 14.2 Å². The minimum atomic E-state index is -0.485. The molecule has 1 N–H and O–H groups in total. The standard InChI is InChI=1S/C10H12N2O4/c1-5-6(4-13)7-8(16-5)9(14)12(3)10(15)11(7)2/h13H,4H2,1-3H3. The molecule has 6 heteroatoms. The van der Waals surface area contributed by atoms with Gasteiger partial charge in [0.15, 0.2) is 0 Å². The Bertz CT molecular complexity index is 675. The Morgan fingerprint density at radius 2 is 1.88 bits per heavy atom. The van der Waals surface area contributed by atoms with Gasteiger partial charge in [-0.15, -0.1) is 0 Å². The van der Waals surface area contributed by atoms with E-state index in [1.54, 1.807) is 6.92 Å². The van der Waals surface area contributed by atoms with E-state index in [1.165, 1.54) is 18.7 Å². The van der Waals surface area contributed by atoms with E-state index < -0.39 is 11.2 Å². The van der Waals surface area contributed by atoms with Crippen LogP contribution >= 0.6 is 0 Å². The summed E-state index contributed by atoms with van der Waals surface area (Å²) >= 11 is 0. The van der Waals surface area contributed by atoms with Crippen molar-refractivity contribution < 1.29 is 9.52 Å². The Balaban J connectivity index is 3.15. The predicted octanol–water partition coefficient (Wildman–Crippen LogP) is -0.369. The third-order valence-electron chi connectivity index (χ3n) is 2.75. The highest BCUT2D eigenvalue weighted by molar-refractivity contribution is 5.77. The van der Waals surface area contributed by atoms with E-state index >= 15 is 0 Å². The van der Waals surface area contributed by atoms with E-state index in [2.05, 4.69) is 0 Å². The number of aliphatic hydroxyl groups excluding tert-OH is 1. The Labute approximate surface area is 90.3 Å². The minimum absolute atomic E-state index is 0.103. The average molecular weight is 224 g/mol. The molecule has 2 aromatic rings. The monoisotopic (exact) mass is 224 g/mol. The van der Waals surface area contributed by atoms with E-state index in [0.29, 0.717) is 16.8 Å². The number of furan rings is 1. The molecular formula is C10H12N2O4. The molecule has 0 aliphatic heterocycles. The molecular weight excluding hydrogens is 212 g/mol. The molecule has 16 heavy (non-hydrogen) atoms. The van der Waals surface area contributed by atoms with E-state index in [9.17, 15) is 14.7 Å². The third-order valence-corrected chi connectivity index (χ3v) is 2.75. The maximum atomic E-state index is 11.8. The molecule has 0 aliphatic rings. The molecule has 0 radical (unpaired) electrons. The van der Waals surface area contributed by atoms with Gasteiger partial charge in [-0.05, 0) is 6.92 Å². The van der Waals surface area contributed by atoms with Crippen LogP contribution in [0.3, 0.4) is 0 Å². The number of aliphatic hydroxyl groups is 1. The molecule has 0 saturated heterocycles. The Morgan fingerprint density at radius 3 is 2.44 bits per heavy atom. The fraction of sp³-hybridized carbons (Fsp3) is 0.400. The number of nitrogens with zero attached hydrogens (tertiary/aromatic N) is 2. The molecule has 0 unspecified atom stereocenters. The molecule has 2 rings (SSSR count). The maximum absolute atomic E-state index is 11.8. The largest absolute Gasteiger partial charge is 0.453 e. The first kappa shape index (κ1) is 10.7. The number of fused-ring (bicyclic) bond motifs is 1. The number of hydrogen-bond acceptors (Lipinski definition) is 4. The van der Waals surface area contributed by atoms with Crippen molar-refractivity contribution in [3.63, 3.8) is 0 Å². The van der Waals surface area contributed by atoms with Crippen molar-refractivity contribution in [1.82, 2.24) is 9.13 Å². The van der Waals surface area contributed by atoms with E-state index in [-0.39, 0.29) is 12.2 Å². The molecule has 0 atom stereocenters. The zero-order valence-corrected chi connectivity index (χ0v) is 9.27. The lowest BCUT2D eigenvalue weighted by atomic mass is 10.2. The van der Waals surface area contributed by atoms with Crippen LogP contribution in [0.1, 0.15) is 11.3 Å². The van der Waals surface area contributed by atoms with Crippen molar-refractivity contribution in [2.45, 2.75) is 13.5 Å². The lowest BCUT2D eigenvalue weighted by molar-refractivity contribution is 0.280. The predicted molar refractivity (Wildman–Crippen MR) is 57.4 cm³/mol. The topological polar surface area (TPSA) is 77.4 Å². The van der Waals surface area contributed by atoms with Gasteiger partial charge in [-0.1, -0.05) is 0 Å². The van der Waals surface area contributed by atoms with Gasteiger partial charge in [0.1, 0.15) is 11.3 Å². The highest BCUT2D eigenvalue weighted by atomic mass is 16.3. The summed E-state index contributed by atoms with van der Waals surface area (Å²) in [5.41, 5.74) is 0.0282. The maximum Gasteiger partial charge on any atom is 0.331 e. The number of aromatic nitrogens is 2. The van der Waals surface area contributed by atoms with Crippen LogP contribution in [0.4, 0.5) is 0 Å². The first-order valence-corrected chi connectivity index (χ1v) is 4.78. The SMILES string of the molecule is Cc1oc2c(=O)n(C)c(=O)n(C)c2c1CO. The van der Waals surface area contributed by atoms with Gasteiger partial charge in [0.2, 0.25) is 5.58 Å². The number of aryl methyl sites for hydroxylation is 2. The fourth-order valence-corrected chi connectivity index (χ4v) is 1.81. The van der Waals surface area contributed by atoms with E-state index in [1.807, 2.05) is 0 Å². The molecule has 0 aliphatic carbocycles. The number of rotatable bonds is 1. The van der Waals surface area contributed by atoms with Gasteiger partial charge in [0.05, 0.1) is 6.61 Å². The van der Waals surface area contributed by atoms with Gasteiger partial charge < -0.3 is 9.52 Å². The summed E-state index contributed by atoms with van der Waals surface area (Å²) in [4.78, 5) is 23.4. The molecule has 0 spiro atoms. The van der Waals surface area contributed by atoms with E-state index in [0.717, 1.165) is 4.57 Å². The van der Waals surface area contributed by atoms with Crippen molar-refractivity contribution in [2.75, 3.05) is 0 Å². The second-order valence-electron chi connectivity index (χ2n) is 3.68. The van der Waals surface area contributed by atoms with Gasteiger partial charge in [-0.25, -0.2) is 4.79 Å².